The van der Waals surface area contributed by atoms with Gasteiger partial charge in [0.1, 0.15) is 12.4 Å². The van der Waals surface area contributed by atoms with E-state index in [1.165, 1.54) is 0 Å². The van der Waals surface area contributed by atoms with Gasteiger partial charge in [-0.05, 0) is 24.3 Å². The molecule has 1 heterocycles. The molecule has 2 N–H and O–H groups in total. The first-order valence-electron chi connectivity index (χ1n) is 8.73. The van der Waals surface area contributed by atoms with Crippen LogP contribution in [0.15, 0.2) is 54.6 Å². The van der Waals surface area contributed by atoms with Crippen molar-refractivity contribution in [2.75, 3.05) is 19.8 Å². The smallest absolute Gasteiger partial charge is 0.329 e. The second kappa shape index (κ2) is 8.95. The Balaban J connectivity index is 1.65. The highest BCUT2D eigenvalue weighted by atomic mass is 16.5. The van der Waals surface area contributed by atoms with Gasteiger partial charge >= 0.3 is 5.97 Å². The summed E-state index contributed by atoms with van der Waals surface area (Å²) in [6, 6.07) is 17.8. The van der Waals surface area contributed by atoms with Crippen molar-refractivity contribution in [2.45, 2.75) is 12.8 Å². The minimum atomic E-state index is -1.03. The van der Waals surface area contributed by atoms with E-state index in [0.717, 1.165) is 22.5 Å². The summed E-state index contributed by atoms with van der Waals surface area (Å²) in [5, 5.41) is 11.2. The molecule has 0 aliphatic carbocycles. The standard InChI is InChI=1S/C20H21N3O4/c24-19(21-12-13-27-14-20(25)26)11-10-18-22-16-8-4-5-9-17(16)23(18)15-6-2-1-3-7-15/h1-9H,10-14H2,(H,21,24)(H,25,26). The number of nitrogens with zero attached hydrogens (tertiary/aromatic N) is 2. The second-order valence-corrected chi connectivity index (χ2v) is 5.98. The summed E-state index contributed by atoms with van der Waals surface area (Å²) < 4.78 is 6.96. The molecule has 1 amide bonds. The van der Waals surface area contributed by atoms with Crippen molar-refractivity contribution in [1.82, 2.24) is 14.9 Å². The second-order valence-electron chi connectivity index (χ2n) is 5.98. The number of imidazole rings is 1. The van der Waals surface area contributed by atoms with Gasteiger partial charge in [-0.2, -0.15) is 0 Å². The quantitative estimate of drug-likeness (QED) is 0.566. The van der Waals surface area contributed by atoms with Crippen LogP contribution in [0.3, 0.4) is 0 Å². The Morgan fingerprint density at radius 1 is 1.07 bits per heavy atom. The number of rotatable bonds is 9. The van der Waals surface area contributed by atoms with E-state index in [1.54, 1.807) is 0 Å². The highest BCUT2D eigenvalue weighted by molar-refractivity contribution is 5.79. The fraction of sp³-hybridized carbons (Fsp3) is 0.250. The number of hydrogen-bond donors (Lipinski definition) is 2. The first-order chi connectivity index (χ1) is 13.1. The van der Waals surface area contributed by atoms with Gasteiger partial charge in [0.25, 0.3) is 0 Å². The SMILES string of the molecule is O=C(O)COCCNC(=O)CCc1nc2ccccc2n1-c1ccccc1. The Morgan fingerprint density at radius 3 is 2.59 bits per heavy atom. The van der Waals surface area contributed by atoms with Crippen LogP contribution in [-0.4, -0.2) is 46.3 Å². The van der Waals surface area contributed by atoms with Gasteiger partial charge in [-0.1, -0.05) is 30.3 Å². The molecule has 0 saturated heterocycles. The maximum atomic E-state index is 12.1. The Labute approximate surface area is 156 Å². The Bertz CT molecular complexity index is 921. The fourth-order valence-electron chi connectivity index (χ4n) is 2.84. The maximum Gasteiger partial charge on any atom is 0.329 e. The zero-order valence-corrected chi connectivity index (χ0v) is 14.8. The number of carboxylic acid groups (broad SMARTS) is 1. The molecule has 7 heteroatoms. The Kier molecular flexibility index (Phi) is 6.17. The van der Waals surface area contributed by atoms with Crippen LogP contribution < -0.4 is 5.32 Å². The zero-order chi connectivity index (χ0) is 19.1. The van der Waals surface area contributed by atoms with Gasteiger partial charge in [-0.25, -0.2) is 9.78 Å². The molecule has 0 spiro atoms. The molecule has 0 fully saturated rings. The van der Waals surface area contributed by atoms with E-state index >= 15 is 0 Å². The molecule has 2 aromatic carbocycles. The number of nitrogens with one attached hydrogen (secondary N) is 1. The number of benzene rings is 2. The molecule has 140 valence electrons. The molecular weight excluding hydrogens is 346 g/mol. The van der Waals surface area contributed by atoms with E-state index < -0.39 is 5.97 Å². The van der Waals surface area contributed by atoms with Gasteiger partial charge in [-0.15, -0.1) is 0 Å². The van der Waals surface area contributed by atoms with Gasteiger partial charge < -0.3 is 15.2 Å². The van der Waals surface area contributed by atoms with Gasteiger partial charge in [0.2, 0.25) is 5.91 Å². The molecule has 0 saturated carbocycles. The summed E-state index contributed by atoms with van der Waals surface area (Å²) in [6.07, 6.45) is 0.778. The van der Waals surface area contributed by atoms with Crippen molar-refractivity contribution in [3.8, 4) is 5.69 Å². The van der Waals surface area contributed by atoms with Crippen LogP contribution in [0.25, 0.3) is 16.7 Å². The summed E-state index contributed by atoms with van der Waals surface area (Å²) in [5.41, 5.74) is 2.89. The van der Waals surface area contributed by atoms with Gasteiger partial charge in [-0.3, -0.25) is 9.36 Å². The van der Waals surface area contributed by atoms with E-state index in [0.29, 0.717) is 6.42 Å². The van der Waals surface area contributed by atoms with Crippen LogP contribution in [0.2, 0.25) is 0 Å². The Hall–Kier alpha value is -3.19. The number of ether oxygens (including phenoxy) is 1. The number of carboxylic acids is 1. The van der Waals surface area contributed by atoms with Gasteiger partial charge in [0, 0.05) is 25.1 Å². The molecule has 0 unspecified atom stereocenters. The molecule has 1 aromatic heterocycles. The van der Waals surface area contributed by atoms with E-state index in [1.807, 2.05) is 54.6 Å². The van der Waals surface area contributed by atoms with Crippen LogP contribution in [0.4, 0.5) is 0 Å². The number of aromatic nitrogens is 2. The van der Waals surface area contributed by atoms with Crippen LogP contribution in [0, 0.1) is 0 Å². The third kappa shape index (κ3) is 4.92. The number of para-hydroxylation sites is 3. The third-order valence-electron chi connectivity index (χ3n) is 4.01. The minimum absolute atomic E-state index is 0.124. The molecule has 0 atom stereocenters. The lowest BCUT2D eigenvalue weighted by molar-refractivity contribution is -0.142. The molecule has 0 radical (unpaired) electrons. The van der Waals surface area contributed by atoms with E-state index in [4.69, 9.17) is 9.84 Å². The van der Waals surface area contributed by atoms with E-state index in [2.05, 4.69) is 14.9 Å². The van der Waals surface area contributed by atoms with E-state index in [9.17, 15) is 9.59 Å². The number of carbonyl (C=O) groups excluding carboxylic acids is 1. The molecule has 0 aliphatic rings. The highest BCUT2D eigenvalue weighted by Gasteiger charge is 2.13. The van der Waals surface area contributed by atoms with Gasteiger partial charge in [0.15, 0.2) is 0 Å². The largest absolute Gasteiger partial charge is 0.480 e. The van der Waals surface area contributed by atoms with Crippen LogP contribution in [-0.2, 0) is 20.7 Å². The molecule has 0 aliphatic heterocycles. The normalized spacial score (nSPS) is 10.8. The molecule has 27 heavy (non-hydrogen) atoms. The highest BCUT2D eigenvalue weighted by Crippen LogP contribution is 2.22. The van der Waals surface area contributed by atoms with E-state index in [-0.39, 0.29) is 32.1 Å². The summed E-state index contributed by atoms with van der Waals surface area (Å²) in [7, 11) is 0. The topological polar surface area (TPSA) is 93.4 Å². The molecule has 7 nitrogen and oxygen atoms in total. The molecular formula is C20H21N3O4. The van der Waals surface area contributed by atoms with Crippen molar-refractivity contribution in [2.24, 2.45) is 0 Å². The predicted molar refractivity (Wildman–Crippen MR) is 101 cm³/mol. The first kappa shape index (κ1) is 18.6. The summed E-state index contributed by atoms with van der Waals surface area (Å²) in [6.45, 7) is 0.0821. The van der Waals surface area contributed by atoms with Crippen molar-refractivity contribution in [1.29, 1.82) is 0 Å². The molecule has 3 aromatic rings. The van der Waals surface area contributed by atoms with Crippen LogP contribution >= 0.6 is 0 Å². The average Bonchev–Trinajstić information content (AvgIpc) is 3.05. The number of carbonyl (C=O) groups is 2. The lowest BCUT2D eigenvalue weighted by Crippen LogP contribution is -2.28. The van der Waals surface area contributed by atoms with Crippen LogP contribution in [0.1, 0.15) is 12.2 Å². The van der Waals surface area contributed by atoms with Crippen molar-refractivity contribution >= 4 is 22.9 Å². The lowest BCUT2D eigenvalue weighted by Gasteiger charge is -2.09. The monoisotopic (exact) mass is 367 g/mol. The van der Waals surface area contributed by atoms with Gasteiger partial charge in [0.05, 0.1) is 17.6 Å². The summed E-state index contributed by atoms with van der Waals surface area (Å²) in [4.78, 5) is 27.1. The number of fused-ring (bicyclic) bond motifs is 1. The third-order valence-corrected chi connectivity index (χ3v) is 4.01. The predicted octanol–water partition coefficient (Wildman–Crippen LogP) is 2.18. The molecule has 0 bridgehead atoms. The number of hydrogen-bond acceptors (Lipinski definition) is 4. The molecule has 3 rings (SSSR count). The summed E-state index contributed by atoms with van der Waals surface area (Å²) >= 11 is 0. The summed E-state index contributed by atoms with van der Waals surface area (Å²) in [5.74, 6) is -0.332. The number of aliphatic carboxylic acids is 1. The Morgan fingerprint density at radius 2 is 1.81 bits per heavy atom. The number of amides is 1. The average molecular weight is 367 g/mol. The van der Waals surface area contributed by atoms with Crippen LogP contribution in [0.5, 0.6) is 0 Å². The zero-order valence-electron chi connectivity index (χ0n) is 14.8. The number of aryl methyl sites for hydroxylation is 1. The van der Waals surface area contributed by atoms with Crippen molar-refractivity contribution in [3.63, 3.8) is 0 Å². The lowest BCUT2D eigenvalue weighted by atomic mass is 10.2. The van der Waals surface area contributed by atoms with Crippen molar-refractivity contribution < 1.29 is 19.4 Å². The fourth-order valence-corrected chi connectivity index (χ4v) is 2.84. The minimum Gasteiger partial charge on any atom is -0.480 e. The maximum absolute atomic E-state index is 12.1. The van der Waals surface area contributed by atoms with Crippen molar-refractivity contribution in [3.05, 3.63) is 60.4 Å². The first-order valence-corrected chi connectivity index (χ1v) is 8.73.